The molecule has 1 fully saturated rings. The molecule has 17 heavy (non-hydrogen) atoms. The molecule has 4 N–H and O–H groups in total. The number of nitrogens with zero attached hydrogens (tertiary/aromatic N) is 2. The fourth-order valence-corrected chi connectivity index (χ4v) is 3.59. The van der Waals surface area contributed by atoms with Crippen LogP contribution in [0.4, 0.5) is 5.95 Å². The van der Waals surface area contributed by atoms with E-state index in [0.29, 0.717) is 13.0 Å². The molecule has 1 aliphatic rings. The van der Waals surface area contributed by atoms with Gasteiger partial charge in [-0.05, 0) is 12.3 Å². The van der Waals surface area contributed by atoms with Crippen LogP contribution >= 0.6 is 0 Å². The lowest BCUT2D eigenvalue weighted by Gasteiger charge is -2.07. The second-order valence-corrected chi connectivity index (χ2v) is 6.25. The van der Waals surface area contributed by atoms with E-state index in [0.717, 1.165) is 0 Å². The Hall–Kier alpha value is -1.64. The molecule has 1 atom stereocenters. The number of carbonyl (C=O) groups excluding carboxylic acids is 1. The van der Waals surface area contributed by atoms with Crippen LogP contribution in [0.3, 0.4) is 0 Å². The molecule has 0 spiro atoms. The quantitative estimate of drug-likeness (QED) is 0.608. The Morgan fingerprint density at radius 3 is 2.88 bits per heavy atom. The summed E-state index contributed by atoms with van der Waals surface area (Å²) in [5, 5.41) is 8.51. The lowest BCUT2D eigenvalue weighted by Crippen LogP contribution is -2.30. The Labute approximate surface area is 97.9 Å². The largest absolute Gasteiger partial charge is 0.366 e. The highest BCUT2D eigenvalue weighted by Crippen LogP contribution is 2.17. The van der Waals surface area contributed by atoms with Gasteiger partial charge >= 0.3 is 0 Å². The minimum absolute atomic E-state index is 0.00130. The number of hydrogen-bond acceptors (Lipinski definition) is 6. The molecule has 9 heteroatoms. The van der Waals surface area contributed by atoms with Crippen LogP contribution in [0.1, 0.15) is 17.0 Å². The molecule has 2 rings (SSSR count). The molecular formula is C8H13N5O3S. The number of carbonyl (C=O) groups is 1. The van der Waals surface area contributed by atoms with E-state index >= 15 is 0 Å². The van der Waals surface area contributed by atoms with E-state index in [1.807, 2.05) is 0 Å². The van der Waals surface area contributed by atoms with Crippen molar-refractivity contribution in [2.45, 2.75) is 6.42 Å². The minimum atomic E-state index is -2.91. The molecule has 94 valence electrons. The molecule has 0 bridgehead atoms. The number of sulfone groups is 1. The maximum Gasteiger partial charge on any atom is 0.288 e. The molecule has 0 radical (unpaired) electrons. The van der Waals surface area contributed by atoms with Crippen molar-refractivity contribution < 1.29 is 13.2 Å². The van der Waals surface area contributed by atoms with Crippen LogP contribution in [0.2, 0.25) is 0 Å². The van der Waals surface area contributed by atoms with Crippen LogP contribution in [0.5, 0.6) is 0 Å². The van der Waals surface area contributed by atoms with E-state index in [1.54, 1.807) is 0 Å². The second-order valence-electron chi connectivity index (χ2n) is 4.02. The molecule has 1 amide bonds. The van der Waals surface area contributed by atoms with E-state index in [2.05, 4.69) is 20.5 Å². The smallest absolute Gasteiger partial charge is 0.288 e. The van der Waals surface area contributed by atoms with Crippen LogP contribution in [0.25, 0.3) is 0 Å². The fraction of sp³-hybridized carbons (Fsp3) is 0.625. The van der Waals surface area contributed by atoms with Crippen LogP contribution < -0.4 is 11.1 Å². The Kier molecular flexibility index (Phi) is 3.01. The second kappa shape index (κ2) is 4.32. The van der Waals surface area contributed by atoms with Crippen molar-refractivity contribution in [1.82, 2.24) is 20.5 Å². The summed E-state index contributed by atoms with van der Waals surface area (Å²) in [4.78, 5) is 15.2. The number of hydrogen-bond donors (Lipinski definition) is 3. The Morgan fingerprint density at radius 1 is 1.59 bits per heavy atom. The lowest BCUT2D eigenvalue weighted by molar-refractivity contribution is 0.0938. The van der Waals surface area contributed by atoms with E-state index in [-0.39, 0.29) is 29.2 Å². The van der Waals surface area contributed by atoms with E-state index < -0.39 is 15.7 Å². The zero-order chi connectivity index (χ0) is 12.5. The van der Waals surface area contributed by atoms with Gasteiger partial charge in [-0.2, -0.15) is 4.98 Å². The number of amides is 1. The fourth-order valence-electron chi connectivity index (χ4n) is 1.73. The molecule has 1 aromatic heterocycles. The summed E-state index contributed by atoms with van der Waals surface area (Å²) in [6.07, 6.45) is 0.584. The average molecular weight is 259 g/mol. The number of H-pyrrole nitrogens is 1. The topological polar surface area (TPSA) is 131 Å². The summed E-state index contributed by atoms with van der Waals surface area (Å²) in [5.74, 6) is -0.0982. The zero-order valence-corrected chi connectivity index (χ0v) is 9.83. The highest BCUT2D eigenvalue weighted by atomic mass is 32.2. The molecule has 0 aromatic carbocycles. The third kappa shape index (κ3) is 2.93. The standard InChI is InChI=1S/C8H13N5O3S/c9-8-11-6(12-13-8)7(14)10-3-5-1-2-17(15,16)4-5/h5H,1-4H2,(H,10,14)(H3,9,11,12,13). The summed E-state index contributed by atoms with van der Waals surface area (Å²) in [6, 6.07) is 0. The van der Waals surface area contributed by atoms with Crippen molar-refractivity contribution in [3.63, 3.8) is 0 Å². The van der Waals surface area contributed by atoms with Crippen LogP contribution in [0.15, 0.2) is 0 Å². The van der Waals surface area contributed by atoms with Crippen LogP contribution in [-0.2, 0) is 9.84 Å². The zero-order valence-electron chi connectivity index (χ0n) is 9.01. The summed E-state index contributed by atoms with van der Waals surface area (Å²) in [5.41, 5.74) is 5.26. The van der Waals surface area contributed by atoms with Gasteiger partial charge in [-0.15, -0.1) is 5.10 Å². The molecule has 1 aliphatic heterocycles. The molecule has 1 aromatic rings. The van der Waals surface area contributed by atoms with Gasteiger partial charge in [0.2, 0.25) is 11.8 Å². The number of nitrogens with one attached hydrogen (secondary N) is 2. The summed E-state index contributed by atoms with van der Waals surface area (Å²) < 4.78 is 22.4. The molecule has 8 nitrogen and oxygen atoms in total. The minimum Gasteiger partial charge on any atom is -0.366 e. The maximum atomic E-state index is 11.5. The third-order valence-corrected chi connectivity index (χ3v) is 4.43. The van der Waals surface area contributed by atoms with Crippen molar-refractivity contribution in [2.24, 2.45) is 5.92 Å². The SMILES string of the molecule is Nc1n[nH]c(C(=O)NCC2CCS(=O)(=O)C2)n1. The monoisotopic (exact) mass is 259 g/mol. The van der Waals surface area contributed by atoms with Crippen molar-refractivity contribution in [2.75, 3.05) is 23.8 Å². The van der Waals surface area contributed by atoms with Gasteiger partial charge in [0, 0.05) is 6.54 Å². The highest BCUT2D eigenvalue weighted by molar-refractivity contribution is 7.91. The summed E-state index contributed by atoms with van der Waals surface area (Å²) in [7, 11) is -2.91. The van der Waals surface area contributed by atoms with Gasteiger partial charge in [-0.1, -0.05) is 0 Å². The Morgan fingerprint density at radius 2 is 2.35 bits per heavy atom. The first-order valence-corrected chi connectivity index (χ1v) is 6.95. The number of rotatable bonds is 3. The van der Waals surface area contributed by atoms with Crippen LogP contribution in [-0.4, -0.2) is 47.6 Å². The molecular weight excluding hydrogens is 246 g/mol. The van der Waals surface area contributed by atoms with Gasteiger partial charge in [0.1, 0.15) is 0 Å². The first kappa shape index (κ1) is 11.8. The van der Waals surface area contributed by atoms with Gasteiger partial charge in [0.05, 0.1) is 11.5 Å². The molecule has 2 heterocycles. The molecule has 1 saturated heterocycles. The summed E-state index contributed by atoms with van der Waals surface area (Å²) in [6.45, 7) is 0.318. The third-order valence-electron chi connectivity index (χ3n) is 2.60. The van der Waals surface area contributed by atoms with E-state index in [9.17, 15) is 13.2 Å². The van der Waals surface area contributed by atoms with Crippen molar-refractivity contribution in [1.29, 1.82) is 0 Å². The number of aromatic nitrogens is 3. The number of nitrogen functional groups attached to an aromatic ring is 1. The Balaban J connectivity index is 1.85. The normalized spacial score (nSPS) is 22.5. The van der Waals surface area contributed by atoms with E-state index in [4.69, 9.17) is 5.73 Å². The molecule has 0 aliphatic carbocycles. The molecule has 1 unspecified atom stereocenters. The number of nitrogens with two attached hydrogens (primary N) is 1. The predicted octanol–water partition coefficient (Wildman–Crippen LogP) is -1.45. The van der Waals surface area contributed by atoms with Gasteiger partial charge in [0.15, 0.2) is 9.84 Å². The Bertz CT molecular complexity index is 523. The van der Waals surface area contributed by atoms with Crippen LogP contribution in [0, 0.1) is 5.92 Å². The average Bonchev–Trinajstić information content (AvgIpc) is 2.81. The first-order valence-electron chi connectivity index (χ1n) is 5.13. The molecule has 0 saturated carbocycles. The number of anilines is 1. The van der Waals surface area contributed by atoms with E-state index in [1.165, 1.54) is 0 Å². The summed E-state index contributed by atoms with van der Waals surface area (Å²) >= 11 is 0. The van der Waals surface area contributed by atoms with Crippen molar-refractivity contribution in [3.05, 3.63) is 5.82 Å². The van der Waals surface area contributed by atoms with Crippen molar-refractivity contribution >= 4 is 21.7 Å². The van der Waals surface area contributed by atoms with Gasteiger partial charge in [-0.3, -0.25) is 9.89 Å². The first-order chi connectivity index (χ1) is 7.96. The number of aromatic amines is 1. The predicted molar refractivity (Wildman–Crippen MR) is 59.9 cm³/mol. The lowest BCUT2D eigenvalue weighted by atomic mass is 10.1. The highest BCUT2D eigenvalue weighted by Gasteiger charge is 2.28. The maximum absolute atomic E-state index is 11.5. The van der Waals surface area contributed by atoms with Gasteiger partial charge < -0.3 is 11.1 Å². The van der Waals surface area contributed by atoms with Crippen molar-refractivity contribution in [3.8, 4) is 0 Å². The van der Waals surface area contributed by atoms with Gasteiger partial charge in [0.25, 0.3) is 5.91 Å². The van der Waals surface area contributed by atoms with Gasteiger partial charge in [-0.25, -0.2) is 8.42 Å².